The predicted octanol–water partition coefficient (Wildman–Crippen LogP) is 4.18. The number of hydrogen-bond acceptors (Lipinski definition) is 13. The zero-order chi connectivity index (χ0) is 37.4. The van der Waals surface area contributed by atoms with E-state index >= 15 is 0 Å². The van der Waals surface area contributed by atoms with Crippen molar-refractivity contribution in [1.29, 1.82) is 0 Å². The number of thioether (sulfide) groups is 1. The van der Waals surface area contributed by atoms with Gasteiger partial charge in [0.15, 0.2) is 28.5 Å². The van der Waals surface area contributed by atoms with Crippen LogP contribution in [0.2, 0.25) is 0 Å². The molecule has 1 spiro atoms. The highest BCUT2D eigenvalue weighted by Gasteiger charge is 2.61. The van der Waals surface area contributed by atoms with Crippen LogP contribution in [0.4, 0.5) is 0 Å². The van der Waals surface area contributed by atoms with Gasteiger partial charge in [0, 0.05) is 58.4 Å². The lowest BCUT2D eigenvalue weighted by molar-refractivity contribution is -0.186. The first kappa shape index (κ1) is 34.1. The maximum absolute atomic E-state index is 14.8. The van der Waals surface area contributed by atoms with E-state index < -0.39 is 47.1 Å². The van der Waals surface area contributed by atoms with Crippen LogP contribution in [0.3, 0.4) is 0 Å². The van der Waals surface area contributed by atoms with Crippen molar-refractivity contribution in [3.8, 4) is 28.7 Å². The number of carbonyl (C=O) groups excluding carboxylic acids is 2. The number of aromatic amines is 1. The van der Waals surface area contributed by atoms with Crippen molar-refractivity contribution >= 4 is 34.6 Å². The van der Waals surface area contributed by atoms with Crippen LogP contribution in [0.1, 0.15) is 68.9 Å². The molecular formula is C40H42N4O9S. The molecule has 1 aromatic heterocycles. The number of methoxy groups -OCH3 is 1. The van der Waals surface area contributed by atoms with Crippen molar-refractivity contribution in [3.05, 3.63) is 75.0 Å². The summed E-state index contributed by atoms with van der Waals surface area (Å²) in [5.74, 6) is 1.13. The molecule has 7 aliphatic heterocycles. The van der Waals surface area contributed by atoms with E-state index in [-0.39, 0.29) is 30.9 Å². The zero-order valence-corrected chi connectivity index (χ0v) is 31.5. The molecule has 54 heavy (non-hydrogen) atoms. The average Bonchev–Trinajstić information content (AvgIpc) is 3.80. The lowest BCUT2D eigenvalue weighted by Crippen LogP contribution is -2.70. The molecule has 3 aromatic carbocycles. The van der Waals surface area contributed by atoms with Gasteiger partial charge in [0.05, 0.1) is 36.2 Å². The van der Waals surface area contributed by atoms with E-state index in [1.54, 1.807) is 18.9 Å². The van der Waals surface area contributed by atoms with E-state index in [4.69, 9.17) is 23.7 Å². The molecule has 0 amide bonds. The normalized spacial score (nSPS) is 29.6. The Morgan fingerprint density at radius 3 is 2.69 bits per heavy atom. The first-order valence-electron chi connectivity index (χ1n) is 18.4. The molecule has 282 valence electrons. The van der Waals surface area contributed by atoms with E-state index in [9.17, 15) is 19.8 Å². The highest BCUT2D eigenvalue weighted by atomic mass is 32.2. The number of esters is 2. The maximum Gasteiger partial charge on any atom is 0.333 e. The molecule has 8 heterocycles. The summed E-state index contributed by atoms with van der Waals surface area (Å²) >= 11 is 1.54. The first-order chi connectivity index (χ1) is 26.1. The van der Waals surface area contributed by atoms with Gasteiger partial charge in [-0.2, -0.15) is 0 Å². The Labute approximate surface area is 315 Å². The van der Waals surface area contributed by atoms with E-state index in [2.05, 4.69) is 27.3 Å². The predicted molar refractivity (Wildman–Crippen MR) is 198 cm³/mol. The SMILES string of the molecule is COc1c(C)cc2c(c1O)[C@@H]1C3[C@@H]4SC[C@]5(NCCc6c5[nH]c5ccccc65)C(=O)OC[C@H](c5c6c(c(C)c(OC(C)=O)c54)OCO6)N3[C@@H](O)[C@@H](C2)N1C. The van der Waals surface area contributed by atoms with Gasteiger partial charge in [-0.05, 0) is 56.5 Å². The second-order valence-electron chi connectivity index (χ2n) is 15.3. The number of nitrogens with zero attached hydrogens (tertiary/aromatic N) is 2. The fourth-order valence-corrected chi connectivity index (χ4v) is 12.1. The molecule has 0 saturated carbocycles. The molecule has 1 unspecified atom stereocenters. The third-order valence-corrected chi connectivity index (χ3v) is 14.1. The summed E-state index contributed by atoms with van der Waals surface area (Å²) in [5.41, 5.74) is 6.07. The molecule has 2 fully saturated rings. The first-order valence-corrected chi connectivity index (χ1v) is 19.5. The molecule has 4 bridgehead atoms. The van der Waals surface area contributed by atoms with Gasteiger partial charge in [0.2, 0.25) is 6.79 Å². The summed E-state index contributed by atoms with van der Waals surface area (Å²) in [6, 6.07) is 8.07. The number of piperazine rings is 1. The van der Waals surface area contributed by atoms with Gasteiger partial charge < -0.3 is 38.9 Å². The van der Waals surface area contributed by atoms with Gasteiger partial charge in [-0.15, -0.1) is 11.8 Å². The standard InChI is InChI=1S/C40H42N4O9S/c1-17-12-20-13-24-38(47)44-25-14-50-39(48)40(37-22(10-11-41-40)21-8-6-7-9-23(21)42-37)15-54-36(30(44)29(43(24)4)26(20)31(46)32(17)49-5)28-27(25)35-34(51-16-52-35)18(2)33(28)53-19(3)45/h6-9,12,24-25,29-30,36,38,41-42,46-47H,10-11,13-16H2,1-5H3/t24-,25-,29-,30?,36-,38+,40-/m1/s1. The average molecular weight is 755 g/mol. The van der Waals surface area contributed by atoms with Crippen LogP contribution in [0, 0.1) is 13.8 Å². The summed E-state index contributed by atoms with van der Waals surface area (Å²) in [4.78, 5) is 35.5. The minimum Gasteiger partial charge on any atom is -0.504 e. The van der Waals surface area contributed by atoms with Crippen LogP contribution in [0.5, 0.6) is 28.7 Å². The Bertz CT molecular complexity index is 2290. The number of hydrogen-bond donors (Lipinski definition) is 4. The fourth-order valence-electron chi connectivity index (χ4n) is 10.4. The van der Waals surface area contributed by atoms with Crippen molar-refractivity contribution < 1.29 is 43.5 Å². The van der Waals surface area contributed by atoms with Crippen LogP contribution in [-0.2, 0) is 32.7 Å². The number of para-hydroxylation sites is 1. The van der Waals surface area contributed by atoms with Crippen molar-refractivity contribution in [2.45, 2.75) is 74.8 Å². The molecule has 7 aliphatic rings. The maximum atomic E-state index is 14.8. The van der Waals surface area contributed by atoms with Crippen molar-refractivity contribution in [3.63, 3.8) is 0 Å². The highest BCUT2D eigenvalue weighted by molar-refractivity contribution is 7.99. The summed E-state index contributed by atoms with van der Waals surface area (Å²) in [6.45, 7) is 5.54. The molecule has 2 saturated heterocycles. The number of aliphatic hydroxyl groups excluding tert-OH is 1. The number of aliphatic hydroxyl groups is 1. The van der Waals surface area contributed by atoms with E-state index in [0.29, 0.717) is 47.1 Å². The third-order valence-electron chi connectivity index (χ3n) is 12.6. The molecule has 14 heteroatoms. The number of phenolic OH excluding ortho intramolecular Hbond substituents is 1. The van der Waals surface area contributed by atoms with Crippen LogP contribution in [0.15, 0.2) is 30.3 Å². The van der Waals surface area contributed by atoms with E-state index in [1.807, 2.05) is 44.0 Å². The summed E-state index contributed by atoms with van der Waals surface area (Å²) in [7, 11) is 3.54. The van der Waals surface area contributed by atoms with Crippen LogP contribution >= 0.6 is 11.8 Å². The molecule has 7 atom stereocenters. The van der Waals surface area contributed by atoms with Crippen molar-refractivity contribution in [1.82, 2.24) is 20.1 Å². The summed E-state index contributed by atoms with van der Waals surface area (Å²) in [5, 5.41) is 28.7. The number of nitrogens with one attached hydrogen (secondary N) is 2. The summed E-state index contributed by atoms with van der Waals surface area (Å²) < 4.78 is 30.6. The Morgan fingerprint density at radius 1 is 1.09 bits per heavy atom. The Morgan fingerprint density at radius 2 is 1.89 bits per heavy atom. The lowest BCUT2D eigenvalue weighted by Gasteiger charge is -2.62. The highest BCUT2D eigenvalue weighted by Crippen LogP contribution is 2.64. The monoisotopic (exact) mass is 754 g/mol. The van der Waals surface area contributed by atoms with Gasteiger partial charge >= 0.3 is 11.9 Å². The number of aromatic hydroxyl groups is 1. The van der Waals surface area contributed by atoms with Crippen molar-refractivity contribution in [2.75, 3.05) is 39.9 Å². The number of rotatable bonds is 2. The van der Waals surface area contributed by atoms with Gasteiger partial charge in [-0.3, -0.25) is 19.9 Å². The second kappa shape index (κ2) is 12.0. The Balaban J connectivity index is 1.24. The quantitative estimate of drug-likeness (QED) is 0.171. The van der Waals surface area contributed by atoms with Gasteiger partial charge in [0.1, 0.15) is 18.6 Å². The Hall–Kier alpha value is -4.47. The topological polar surface area (TPSA) is 155 Å². The number of fused-ring (bicyclic) bond motifs is 11. The zero-order valence-electron chi connectivity index (χ0n) is 30.6. The molecule has 4 aromatic rings. The van der Waals surface area contributed by atoms with Gasteiger partial charge in [0.25, 0.3) is 0 Å². The molecule has 13 nitrogen and oxygen atoms in total. The number of carbonyl (C=O) groups is 2. The minimum absolute atomic E-state index is 0.0347. The molecule has 11 rings (SSSR count). The lowest BCUT2D eigenvalue weighted by atomic mass is 9.73. The van der Waals surface area contributed by atoms with Crippen LogP contribution < -0.4 is 24.3 Å². The number of aromatic nitrogens is 1. The molecular weight excluding hydrogens is 713 g/mol. The van der Waals surface area contributed by atoms with E-state index in [0.717, 1.165) is 50.8 Å². The van der Waals surface area contributed by atoms with E-state index in [1.165, 1.54) is 6.92 Å². The van der Waals surface area contributed by atoms with Gasteiger partial charge in [-0.25, -0.2) is 4.79 Å². The second-order valence-corrected chi connectivity index (χ2v) is 16.4. The smallest absolute Gasteiger partial charge is 0.333 e. The number of likely N-dealkylation sites (N-methyl/N-ethyl adjacent to an activating group) is 1. The molecule has 4 N–H and O–H groups in total. The number of ether oxygens (including phenoxy) is 5. The number of phenols is 1. The summed E-state index contributed by atoms with van der Waals surface area (Å²) in [6.07, 6.45) is 0.205. The van der Waals surface area contributed by atoms with Crippen molar-refractivity contribution in [2.24, 2.45) is 0 Å². The fraction of sp³-hybridized carbons (Fsp3) is 0.450. The minimum atomic E-state index is -1.23. The number of benzene rings is 3. The Kier molecular flexibility index (Phi) is 7.58. The number of aryl methyl sites for hydroxylation is 1. The molecule has 0 radical (unpaired) electrons. The van der Waals surface area contributed by atoms with Crippen LogP contribution in [0.25, 0.3) is 10.9 Å². The third kappa shape index (κ3) is 4.42. The molecule has 0 aliphatic carbocycles. The number of H-pyrrole nitrogens is 1. The van der Waals surface area contributed by atoms with Crippen LogP contribution in [-0.4, -0.2) is 95.1 Å². The largest absolute Gasteiger partial charge is 0.504 e. The van der Waals surface area contributed by atoms with Gasteiger partial charge in [-0.1, -0.05) is 24.3 Å².